The summed E-state index contributed by atoms with van der Waals surface area (Å²) >= 11 is 0. The molecule has 1 unspecified atom stereocenters. The maximum absolute atomic E-state index is 12.3. The van der Waals surface area contributed by atoms with E-state index in [9.17, 15) is 4.79 Å². The summed E-state index contributed by atoms with van der Waals surface area (Å²) in [5, 5.41) is 7.34. The van der Waals surface area contributed by atoms with Crippen LogP contribution in [0.5, 0.6) is 11.5 Å². The number of aryl methyl sites for hydroxylation is 2. The number of rotatable bonds is 8. The third-order valence-corrected chi connectivity index (χ3v) is 4.39. The number of carbonyl (C=O) groups is 1. The second kappa shape index (κ2) is 9.26. The molecule has 2 aromatic rings. The maximum atomic E-state index is 12.3. The van der Waals surface area contributed by atoms with Crippen molar-refractivity contribution in [2.75, 3.05) is 13.2 Å². The second-order valence-electron chi connectivity index (χ2n) is 6.34. The van der Waals surface area contributed by atoms with Gasteiger partial charge < -0.3 is 14.8 Å². The van der Waals surface area contributed by atoms with E-state index < -0.39 is 0 Å². The van der Waals surface area contributed by atoms with E-state index in [4.69, 9.17) is 9.47 Å². The molecule has 1 atom stereocenters. The fraction of sp³-hybridized carbons (Fsp3) is 0.429. The zero-order chi connectivity index (χ0) is 20.0. The summed E-state index contributed by atoms with van der Waals surface area (Å²) in [5.41, 5.74) is 3.86. The van der Waals surface area contributed by atoms with Crippen molar-refractivity contribution < 1.29 is 14.3 Å². The number of amides is 1. The Morgan fingerprint density at radius 1 is 1.22 bits per heavy atom. The number of nitrogens with zero attached hydrogens (tertiary/aromatic N) is 2. The van der Waals surface area contributed by atoms with Crippen molar-refractivity contribution in [2.24, 2.45) is 7.05 Å². The number of ether oxygens (including phenoxy) is 2. The van der Waals surface area contributed by atoms with Crippen LogP contribution in [0.1, 0.15) is 49.3 Å². The van der Waals surface area contributed by atoms with Crippen molar-refractivity contribution in [1.82, 2.24) is 15.1 Å². The lowest BCUT2D eigenvalue weighted by molar-refractivity contribution is -0.117. The fourth-order valence-corrected chi connectivity index (χ4v) is 2.87. The van der Waals surface area contributed by atoms with Crippen LogP contribution in [0.2, 0.25) is 0 Å². The van der Waals surface area contributed by atoms with Crippen LogP contribution in [0.4, 0.5) is 0 Å². The first kappa shape index (κ1) is 20.6. The van der Waals surface area contributed by atoms with Gasteiger partial charge in [-0.1, -0.05) is 6.07 Å². The highest BCUT2D eigenvalue weighted by atomic mass is 16.5. The van der Waals surface area contributed by atoms with Gasteiger partial charge in [-0.05, 0) is 58.4 Å². The van der Waals surface area contributed by atoms with Crippen LogP contribution >= 0.6 is 0 Å². The summed E-state index contributed by atoms with van der Waals surface area (Å²) in [7, 11) is 1.89. The Hall–Kier alpha value is -2.76. The number of carbonyl (C=O) groups excluding carboxylic acids is 1. The first-order chi connectivity index (χ1) is 12.9. The average molecular weight is 371 g/mol. The first-order valence-electron chi connectivity index (χ1n) is 9.25. The normalized spacial score (nSPS) is 12.2. The minimum absolute atomic E-state index is 0.156. The van der Waals surface area contributed by atoms with Gasteiger partial charge >= 0.3 is 0 Å². The summed E-state index contributed by atoms with van der Waals surface area (Å²) < 4.78 is 13.1. The Kier molecular flexibility index (Phi) is 7.05. The van der Waals surface area contributed by atoms with E-state index in [-0.39, 0.29) is 11.9 Å². The van der Waals surface area contributed by atoms with E-state index in [1.165, 1.54) is 0 Å². The van der Waals surface area contributed by atoms with E-state index >= 15 is 0 Å². The Labute approximate surface area is 161 Å². The molecule has 2 rings (SSSR count). The predicted molar refractivity (Wildman–Crippen MR) is 107 cm³/mol. The van der Waals surface area contributed by atoms with Crippen molar-refractivity contribution >= 4 is 12.0 Å². The van der Waals surface area contributed by atoms with Gasteiger partial charge in [0.2, 0.25) is 5.91 Å². The Bertz CT molecular complexity index is 824. The maximum Gasteiger partial charge on any atom is 0.244 e. The lowest BCUT2D eigenvalue weighted by Crippen LogP contribution is -2.24. The Morgan fingerprint density at radius 3 is 2.48 bits per heavy atom. The van der Waals surface area contributed by atoms with Crippen LogP contribution in [0, 0.1) is 13.8 Å². The Morgan fingerprint density at radius 2 is 1.89 bits per heavy atom. The van der Waals surface area contributed by atoms with Crippen LogP contribution in [0.3, 0.4) is 0 Å². The minimum atomic E-state index is -0.159. The summed E-state index contributed by atoms with van der Waals surface area (Å²) in [6.07, 6.45) is 3.36. The monoisotopic (exact) mass is 371 g/mol. The number of aromatic nitrogens is 2. The molecule has 6 heteroatoms. The van der Waals surface area contributed by atoms with E-state index in [0.29, 0.717) is 24.7 Å². The van der Waals surface area contributed by atoms with E-state index in [2.05, 4.69) is 10.4 Å². The highest BCUT2D eigenvalue weighted by molar-refractivity contribution is 5.92. The molecule has 0 saturated heterocycles. The molecule has 6 nitrogen and oxygen atoms in total. The van der Waals surface area contributed by atoms with E-state index in [1.54, 1.807) is 6.08 Å². The van der Waals surface area contributed by atoms with Gasteiger partial charge in [0.25, 0.3) is 0 Å². The molecule has 1 aromatic carbocycles. The van der Waals surface area contributed by atoms with Gasteiger partial charge in [-0.2, -0.15) is 5.10 Å². The van der Waals surface area contributed by atoms with Gasteiger partial charge in [0.15, 0.2) is 11.5 Å². The predicted octanol–water partition coefficient (Wildman–Crippen LogP) is 3.72. The third kappa shape index (κ3) is 5.12. The number of hydrogen-bond acceptors (Lipinski definition) is 4. The number of nitrogens with one attached hydrogen (secondary N) is 1. The van der Waals surface area contributed by atoms with Crippen LogP contribution in [0.25, 0.3) is 6.08 Å². The zero-order valence-electron chi connectivity index (χ0n) is 17.0. The lowest BCUT2D eigenvalue weighted by Gasteiger charge is -2.17. The molecule has 0 bridgehead atoms. The van der Waals surface area contributed by atoms with Crippen molar-refractivity contribution in [3.63, 3.8) is 0 Å². The van der Waals surface area contributed by atoms with Gasteiger partial charge in [0.1, 0.15) is 0 Å². The summed E-state index contributed by atoms with van der Waals surface area (Å²) in [6.45, 7) is 10.8. The van der Waals surface area contributed by atoms with Gasteiger partial charge in [-0.25, -0.2) is 0 Å². The molecule has 1 heterocycles. The van der Waals surface area contributed by atoms with Crippen LogP contribution in [-0.4, -0.2) is 28.9 Å². The minimum Gasteiger partial charge on any atom is -0.490 e. The number of benzene rings is 1. The van der Waals surface area contributed by atoms with Gasteiger partial charge in [-0.3, -0.25) is 9.48 Å². The van der Waals surface area contributed by atoms with Gasteiger partial charge in [-0.15, -0.1) is 0 Å². The molecule has 1 amide bonds. The molecule has 27 heavy (non-hydrogen) atoms. The van der Waals surface area contributed by atoms with Crippen LogP contribution in [0.15, 0.2) is 24.3 Å². The molecular weight excluding hydrogens is 342 g/mol. The van der Waals surface area contributed by atoms with E-state index in [0.717, 1.165) is 22.5 Å². The largest absolute Gasteiger partial charge is 0.490 e. The SMILES string of the molecule is CCOc1ccc(C(C)NC(=O)/C=C/c2c(C)nn(C)c2C)cc1OCC. The van der Waals surface area contributed by atoms with Crippen molar-refractivity contribution in [3.8, 4) is 11.5 Å². The molecule has 146 valence electrons. The molecule has 0 saturated carbocycles. The molecule has 0 aliphatic rings. The fourth-order valence-electron chi connectivity index (χ4n) is 2.87. The van der Waals surface area contributed by atoms with Crippen LogP contribution < -0.4 is 14.8 Å². The molecule has 0 spiro atoms. The average Bonchev–Trinajstić information content (AvgIpc) is 2.87. The molecule has 0 radical (unpaired) electrons. The molecule has 0 fully saturated rings. The second-order valence-corrected chi connectivity index (χ2v) is 6.34. The van der Waals surface area contributed by atoms with Gasteiger partial charge in [0, 0.05) is 24.4 Å². The van der Waals surface area contributed by atoms with Gasteiger partial charge in [0.05, 0.1) is 24.9 Å². The molecule has 0 aliphatic carbocycles. The third-order valence-electron chi connectivity index (χ3n) is 4.39. The lowest BCUT2D eigenvalue weighted by atomic mass is 10.1. The summed E-state index contributed by atoms with van der Waals surface area (Å²) in [4.78, 5) is 12.3. The molecule has 1 aromatic heterocycles. The molecule has 1 N–H and O–H groups in total. The van der Waals surface area contributed by atoms with Crippen molar-refractivity contribution in [1.29, 1.82) is 0 Å². The Balaban J connectivity index is 2.09. The number of hydrogen-bond donors (Lipinski definition) is 1. The standard InChI is InChI=1S/C21H29N3O3/c1-7-26-19-11-9-17(13-20(19)27-8-2)14(3)22-21(25)12-10-18-15(4)23-24(6)16(18)5/h9-14H,7-8H2,1-6H3,(H,22,25)/b12-10+. The van der Waals surface area contributed by atoms with Crippen LogP contribution in [-0.2, 0) is 11.8 Å². The highest BCUT2D eigenvalue weighted by Crippen LogP contribution is 2.30. The molecular formula is C21H29N3O3. The summed E-state index contributed by atoms with van der Waals surface area (Å²) in [5.74, 6) is 1.25. The van der Waals surface area contributed by atoms with Crippen molar-refractivity contribution in [2.45, 2.75) is 40.7 Å². The quantitative estimate of drug-likeness (QED) is 0.718. The molecule has 0 aliphatic heterocycles. The highest BCUT2D eigenvalue weighted by Gasteiger charge is 2.13. The smallest absolute Gasteiger partial charge is 0.244 e. The topological polar surface area (TPSA) is 65.4 Å². The zero-order valence-corrected chi connectivity index (χ0v) is 17.0. The first-order valence-corrected chi connectivity index (χ1v) is 9.25. The van der Waals surface area contributed by atoms with E-state index in [1.807, 2.05) is 70.6 Å². The summed E-state index contributed by atoms with van der Waals surface area (Å²) in [6, 6.07) is 5.58. The van der Waals surface area contributed by atoms with Crippen molar-refractivity contribution in [3.05, 3.63) is 46.8 Å².